The van der Waals surface area contributed by atoms with Gasteiger partial charge in [0.2, 0.25) is 6.29 Å². The van der Waals surface area contributed by atoms with Gasteiger partial charge >= 0.3 is 11.9 Å². The molecule has 13 N–H and O–H groups in total. The summed E-state index contributed by atoms with van der Waals surface area (Å²) < 4.78 is 65.1. The molecule has 5 heterocycles. The number of carbonyl (C=O) groups is 2. The minimum atomic E-state index is -1.92. The Morgan fingerprint density at radius 1 is 0.593 bits per heavy atom. The number of fused-ring (bicyclic) bond motifs is 7. The van der Waals surface area contributed by atoms with Crippen LogP contribution in [0.25, 0.3) is 0 Å². The molecule has 2 unspecified atom stereocenters. The van der Waals surface area contributed by atoms with E-state index in [1.54, 1.807) is 0 Å². The van der Waals surface area contributed by atoms with Crippen LogP contribution in [0.4, 0.5) is 0 Å². The number of esters is 2. The van der Waals surface area contributed by atoms with Gasteiger partial charge in [-0.25, -0.2) is 0 Å². The molecule has 9 fully saturated rings. The maximum atomic E-state index is 15.2. The summed E-state index contributed by atoms with van der Waals surface area (Å²) in [6, 6.07) is 0. The van der Waals surface area contributed by atoms with Crippen LogP contribution in [0.1, 0.15) is 120 Å². The fourth-order valence-corrected chi connectivity index (χ4v) is 17.3. The van der Waals surface area contributed by atoms with Gasteiger partial charge in [0.05, 0.1) is 36.9 Å². The highest BCUT2D eigenvalue weighted by atomic mass is 16.8. The second-order valence-electron chi connectivity index (χ2n) is 27.8. The molecule has 26 heteroatoms. The van der Waals surface area contributed by atoms with Crippen LogP contribution >= 0.6 is 0 Å². The Labute approximate surface area is 500 Å². The van der Waals surface area contributed by atoms with Gasteiger partial charge in [-0.05, 0) is 112 Å². The molecule has 0 radical (unpaired) electrons. The van der Waals surface area contributed by atoms with Gasteiger partial charge in [-0.3, -0.25) is 9.59 Å². The number of aliphatic hydroxyl groups excluding tert-OH is 13. The summed E-state index contributed by atoms with van der Waals surface area (Å²) in [4.78, 5) is 27.1. The molecule has 86 heavy (non-hydrogen) atoms. The molecule has 0 spiro atoms. The highest BCUT2D eigenvalue weighted by Crippen LogP contribution is 2.75. The van der Waals surface area contributed by atoms with Crippen molar-refractivity contribution in [1.29, 1.82) is 0 Å². The second-order valence-corrected chi connectivity index (χ2v) is 27.8. The van der Waals surface area contributed by atoms with Gasteiger partial charge in [0.1, 0.15) is 110 Å². The largest absolute Gasteiger partial charge is 0.463 e. The van der Waals surface area contributed by atoms with Crippen molar-refractivity contribution in [2.45, 2.75) is 273 Å². The maximum Gasteiger partial charge on any atom is 0.315 e. The molecular formula is C60H94O26. The number of aliphatic hydroxyl groups is 13. The van der Waals surface area contributed by atoms with Crippen LogP contribution in [-0.4, -0.2) is 252 Å². The molecule has 32 atom stereocenters. The zero-order valence-electron chi connectivity index (χ0n) is 50.3. The first-order chi connectivity index (χ1) is 40.3. The van der Waals surface area contributed by atoms with Gasteiger partial charge in [0, 0.05) is 12.8 Å². The number of rotatable bonds is 13. The van der Waals surface area contributed by atoms with Crippen molar-refractivity contribution in [3.8, 4) is 0 Å². The summed E-state index contributed by atoms with van der Waals surface area (Å²) in [6.07, 6.45) is -29.1. The fraction of sp³-hybridized carbons (Fsp3) is 0.900. The van der Waals surface area contributed by atoms with Crippen LogP contribution in [-0.2, 0) is 61.7 Å². The molecule has 0 aromatic rings. The Balaban J connectivity index is 0.821. The van der Waals surface area contributed by atoms with Crippen molar-refractivity contribution in [1.82, 2.24) is 0 Å². The Morgan fingerprint density at radius 3 is 1.83 bits per heavy atom. The van der Waals surface area contributed by atoms with E-state index < -0.39 is 183 Å². The molecule has 10 rings (SSSR count). The lowest BCUT2D eigenvalue weighted by molar-refractivity contribution is -0.364. The topological polar surface area (TPSA) is 399 Å². The first-order valence-electron chi connectivity index (χ1n) is 30.7. The van der Waals surface area contributed by atoms with Gasteiger partial charge < -0.3 is 118 Å². The van der Waals surface area contributed by atoms with E-state index in [1.807, 2.05) is 0 Å². The van der Waals surface area contributed by atoms with Crippen molar-refractivity contribution in [3.05, 3.63) is 23.8 Å². The van der Waals surface area contributed by atoms with Crippen LogP contribution in [0.15, 0.2) is 23.8 Å². The summed E-state index contributed by atoms with van der Waals surface area (Å²) in [5.41, 5.74) is -0.190. The Morgan fingerprint density at radius 2 is 1.19 bits per heavy atom. The van der Waals surface area contributed by atoms with Gasteiger partial charge in [-0.15, -0.1) is 0 Å². The highest BCUT2D eigenvalue weighted by Gasteiger charge is 2.70. The van der Waals surface area contributed by atoms with E-state index in [9.17, 15) is 71.2 Å². The normalized spacial score (nSPS) is 52.9. The third kappa shape index (κ3) is 11.4. The van der Waals surface area contributed by atoms with Crippen molar-refractivity contribution >= 4 is 11.9 Å². The number of allylic oxidation sites excluding steroid dienone is 3. The van der Waals surface area contributed by atoms with Crippen LogP contribution < -0.4 is 0 Å². The Bertz CT molecular complexity index is 2470. The summed E-state index contributed by atoms with van der Waals surface area (Å²) >= 11 is 0. The van der Waals surface area contributed by atoms with Crippen molar-refractivity contribution in [3.63, 3.8) is 0 Å². The van der Waals surface area contributed by atoms with E-state index in [1.165, 1.54) is 13.8 Å². The van der Waals surface area contributed by atoms with E-state index in [4.69, 9.17) is 52.1 Å². The second kappa shape index (κ2) is 24.9. The quantitative estimate of drug-likeness (QED) is 0.0572. The van der Waals surface area contributed by atoms with E-state index in [0.29, 0.717) is 38.5 Å². The molecule has 0 aromatic heterocycles. The minimum absolute atomic E-state index is 0.153. The molecule has 10 aliphatic rings. The number of hydrogen-bond acceptors (Lipinski definition) is 26. The highest BCUT2D eigenvalue weighted by molar-refractivity contribution is 5.79. The van der Waals surface area contributed by atoms with Crippen molar-refractivity contribution in [2.75, 3.05) is 19.8 Å². The summed E-state index contributed by atoms with van der Waals surface area (Å²) in [5, 5.41) is 141. The molecule has 490 valence electrons. The van der Waals surface area contributed by atoms with E-state index in [0.717, 1.165) is 43.8 Å². The number of ether oxygens (including phenoxy) is 11. The van der Waals surface area contributed by atoms with E-state index in [-0.39, 0.29) is 46.7 Å². The minimum Gasteiger partial charge on any atom is -0.463 e. The van der Waals surface area contributed by atoms with Crippen LogP contribution in [0.5, 0.6) is 0 Å². The summed E-state index contributed by atoms with van der Waals surface area (Å²) in [6.45, 7) is 18.5. The molecule has 0 bridgehead atoms. The average Bonchev–Trinajstić information content (AvgIpc) is 0.686. The molecule has 5 aliphatic heterocycles. The monoisotopic (exact) mass is 1230 g/mol. The predicted molar refractivity (Wildman–Crippen MR) is 292 cm³/mol. The standard InChI is InChI=1S/C60H94O26/c1-24-12-17-60(55(75)86-53-46(73)42(69)39(66)31(81-53)22-78-50-47(74)43(70)48(32(82-50)23-76-27(4)61)84-51-44(71)40(67)36(63)25(2)79-51)19-18-58(8)28(29(60)20-24)10-11-34-57(7)15-14-35(56(5,6)33(57)13-16-59(34,58)9)83-54-49(38(65)30(62)21-77-54)85-52-45(72)41(68)37(64)26(3)80-52/h10,25-26,29-54,62-74H,1,11-23H2,2-9H3/t25-,26-,29-,30-,31+,32+,33?,34?,35-,36-,37-,38-,39+,40+,41+,42-,43+,44+,45+,46+,47+,48+,49+,50+,51-,52-,53-,54-,57-,58+,59+,60-/m0/s1. The fourth-order valence-electron chi connectivity index (χ4n) is 17.3. The zero-order chi connectivity index (χ0) is 62.7. The zero-order valence-corrected chi connectivity index (χ0v) is 50.3. The van der Waals surface area contributed by atoms with E-state index >= 15 is 4.79 Å². The smallest absolute Gasteiger partial charge is 0.315 e. The molecule has 0 amide bonds. The molecule has 5 saturated heterocycles. The third-order valence-corrected chi connectivity index (χ3v) is 22.7. The molecule has 5 aliphatic carbocycles. The van der Waals surface area contributed by atoms with Crippen molar-refractivity contribution < 1.29 is 128 Å². The molecular weight excluding hydrogens is 1140 g/mol. The number of hydrogen-bond donors (Lipinski definition) is 13. The van der Waals surface area contributed by atoms with Crippen LogP contribution in [0.2, 0.25) is 0 Å². The SMILES string of the molecule is C=C1CC[C@]2(C(=O)O[C@@H]3O[C@H](CO[C@@H]4O[C@H](COC(C)=O)[C@@H](O[C@@H]5O[C@@H](C)[C@H](O)[C@@H](O)[C@H]5O)[C@H](O)[C@H]4O)[C@@H](O)[C@H](O)[C@H]3O)CC[C@]3(C)C(=CCC4[C@@]5(C)CC[C@H](O[C@@H]6OC[C@H](O)[C@H](O)[C@H]6O[C@@H]6O[C@@H](C)[C@H](O)[C@@H](O)[C@H]6O)C(C)(C)C5CC[C@]43C)[C@@H]2C1. The molecule has 0 aromatic carbocycles. The lowest BCUT2D eigenvalue weighted by atomic mass is 9.34. The van der Waals surface area contributed by atoms with E-state index in [2.05, 4.69) is 47.3 Å². The lowest BCUT2D eigenvalue weighted by Gasteiger charge is -2.71. The van der Waals surface area contributed by atoms with Crippen molar-refractivity contribution in [2.24, 2.45) is 44.8 Å². The molecule has 26 nitrogen and oxygen atoms in total. The van der Waals surface area contributed by atoms with Gasteiger partial charge in [0.15, 0.2) is 25.2 Å². The first-order valence-corrected chi connectivity index (χ1v) is 30.7. The maximum absolute atomic E-state index is 15.2. The van der Waals surface area contributed by atoms with Gasteiger partial charge in [-0.1, -0.05) is 58.4 Å². The van der Waals surface area contributed by atoms with Gasteiger partial charge in [-0.2, -0.15) is 0 Å². The lowest BCUT2D eigenvalue weighted by Crippen LogP contribution is -2.66. The summed E-state index contributed by atoms with van der Waals surface area (Å²) in [7, 11) is 0. The average molecular weight is 1230 g/mol. The predicted octanol–water partition coefficient (Wildman–Crippen LogP) is -1.42. The van der Waals surface area contributed by atoms with Crippen LogP contribution in [0.3, 0.4) is 0 Å². The van der Waals surface area contributed by atoms with Gasteiger partial charge in [0.25, 0.3) is 0 Å². The first kappa shape index (κ1) is 66.5. The Hall–Kier alpha value is -2.46. The number of carbonyl (C=O) groups excluding carboxylic acids is 2. The third-order valence-electron chi connectivity index (χ3n) is 22.7. The summed E-state index contributed by atoms with van der Waals surface area (Å²) in [5.74, 6) is -1.36. The Kier molecular flexibility index (Phi) is 19.2. The molecule has 4 saturated carbocycles. The van der Waals surface area contributed by atoms with Crippen LogP contribution in [0, 0.1) is 44.8 Å².